The Bertz CT molecular complexity index is 1260. The molecule has 0 bridgehead atoms. The van der Waals surface area contributed by atoms with Crippen molar-refractivity contribution in [2.45, 2.75) is 39.2 Å². The minimum atomic E-state index is -1.55. The summed E-state index contributed by atoms with van der Waals surface area (Å²) in [5.74, 6) is -5.76. The van der Waals surface area contributed by atoms with Gasteiger partial charge in [-0.15, -0.1) is 0 Å². The van der Waals surface area contributed by atoms with Crippen LogP contribution in [-0.2, 0) is 9.59 Å². The second-order valence-electron chi connectivity index (χ2n) is 8.11. The number of halogens is 2. The van der Waals surface area contributed by atoms with E-state index in [-0.39, 0.29) is 22.2 Å². The molecule has 7 nitrogen and oxygen atoms in total. The molecule has 1 aromatic heterocycles. The summed E-state index contributed by atoms with van der Waals surface area (Å²) in [4.78, 5) is 37.4. The maximum Gasteiger partial charge on any atom is 0.328 e. The van der Waals surface area contributed by atoms with Crippen molar-refractivity contribution in [1.82, 2.24) is 9.88 Å². The van der Waals surface area contributed by atoms with Crippen molar-refractivity contribution < 1.29 is 33.4 Å². The van der Waals surface area contributed by atoms with Crippen LogP contribution in [0.25, 0.3) is 10.9 Å². The molecule has 0 saturated carbocycles. The SMILES string of the molecule is Cc1c([C@@H](C)C(=O)NC(C)(C)C(=O)O)c2cc(O)c(F)cc2n1C(=O)c1cccc(F)c1. The first-order valence-corrected chi connectivity index (χ1v) is 9.74. The predicted octanol–water partition coefficient (Wildman–Crippen LogP) is 3.70. The van der Waals surface area contributed by atoms with Gasteiger partial charge in [-0.3, -0.25) is 14.2 Å². The highest BCUT2D eigenvalue weighted by Gasteiger charge is 2.33. The number of nitrogens with zero attached hydrogens (tertiary/aromatic N) is 1. The summed E-state index contributed by atoms with van der Waals surface area (Å²) in [6.45, 7) is 5.69. The highest BCUT2D eigenvalue weighted by atomic mass is 19.1. The molecule has 168 valence electrons. The van der Waals surface area contributed by atoms with Gasteiger partial charge in [0.05, 0.1) is 11.4 Å². The van der Waals surface area contributed by atoms with Crippen molar-refractivity contribution in [2.75, 3.05) is 0 Å². The van der Waals surface area contributed by atoms with Gasteiger partial charge in [0.2, 0.25) is 5.91 Å². The van der Waals surface area contributed by atoms with E-state index in [0.29, 0.717) is 5.56 Å². The quantitative estimate of drug-likeness (QED) is 0.556. The van der Waals surface area contributed by atoms with Crippen molar-refractivity contribution in [1.29, 1.82) is 0 Å². The molecule has 0 spiro atoms. The number of aromatic nitrogens is 1. The van der Waals surface area contributed by atoms with Gasteiger partial charge in [0.15, 0.2) is 11.6 Å². The van der Waals surface area contributed by atoms with E-state index in [1.54, 1.807) is 0 Å². The maximum absolute atomic E-state index is 14.2. The molecule has 3 aromatic rings. The summed E-state index contributed by atoms with van der Waals surface area (Å²) >= 11 is 0. The number of hydrogen-bond acceptors (Lipinski definition) is 4. The van der Waals surface area contributed by atoms with Gasteiger partial charge in [-0.25, -0.2) is 13.6 Å². The third kappa shape index (κ3) is 3.93. The molecule has 0 aliphatic rings. The van der Waals surface area contributed by atoms with E-state index in [1.807, 2.05) is 0 Å². The molecule has 2 aromatic carbocycles. The number of fused-ring (bicyclic) bond motifs is 1. The van der Waals surface area contributed by atoms with Gasteiger partial charge in [-0.05, 0) is 57.5 Å². The van der Waals surface area contributed by atoms with Crippen LogP contribution < -0.4 is 5.32 Å². The topological polar surface area (TPSA) is 109 Å². The van der Waals surface area contributed by atoms with Crippen LogP contribution >= 0.6 is 0 Å². The molecule has 3 rings (SSSR count). The van der Waals surface area contributed by atoms with Crippen molar-refractivity contribution >= 4 is 28.7 Å². The van der Waals surface area contributed by atoms with Gasteiger partial charge in [-0.1, -0.05) is 6.07 Å². The number of phenolic OH excluding ortho intramolecular Hbond substituents is 1. The molecular weight excluding hydrogens is 422 g/mol. The summed E-state index contributed by atoms with van der Waals surface area (Å²) in [6, 6.07) is 7.05. The monoisotopic (exact) mass is 444 g/mol. The summed E-state index contributed by atoms with van der Waals surface area (Å²) in [7, 11) is 0. The molecule has 0 radical (unpaired) electrons. The first kappa shape index (κ1) is 22.9. The highest BCUT2D eigenvalue weighted by Crippen LogP contribution is 2.36. The van der Waals surface area contributed by atoms with E-state index in [2.05, 4.69) is 5.32 Å². The Morgan fingerprint density at radius 3 is 2.38 bits per heavy atom. The van der Waals surface area contributed by atoms with Gasteiger partial charge < -0.3 is 15.5 Å². The third-order valence-corrected chi connectivity index (χ3v) is 5.39. The lowest BCUT2D eigenvalue weighted by Gasteiger charge is -2.23. The van der Waals surface area contributed by atoms with Crippen molar-refractivity contribution in [3.63, 3.8) is 0 Å². The zero-order chi connectivity index (χ0) is 24.0. The van der Waals surface area contributed by atoms with Crippen LogP contribution in [-0.4, -0.2) is 38.1 Å². The Morgan fingerprint density at radius 2 is 1.78 bits per heavy atom. The zero-order valence-electron chi connectivity index (χ0n) is 17.9. The number of carbonyl (C=O) groups is 3. The standard InChI is InChI=1S/C23H22F2N2O5/c1-11(20(29)26-23(3,4)22(31)32)19-12(2)27(17-10-16(25)18(28)9-15(17)19)21(30)13-6-5-7-14(24)8-13/h5-11,28H,1-4H3,(H,26,29)(H,31,32)/t11-/m1/s1. The first-order valence-electron chi connectivity index (χ1n) is 9.74. The third-order valence-electron chi connectivity index (χ3n) is 5.39. The molecule has 0 aliphatic heterocycles. The van der Waals surface area contributed by atoms with Crippen molar-refractivity contribution in [3.8, 4) is 5.75 Å². The van der Waals surface area contributed by atoms with Gasteiger partial charge in [0, 0.05) is 22.7 Å². The fourth-order valence-corrected chi connectivity index (χ4v) is 3.61. The van der Waals surface area contributed by atoms with Crippen LogP contribution in [0, 0.1) is 18.6 Å². The second-order valence-corrected chi connectivity index (χ2v) is 8.11. The van der Waals surface area contributed by atoms with Crippen molar-refractivity contribution in [2.24, 2.45) is 0 Å². The zero-order valence-corrected chi connectivity index (χ0v) is 17.9. The average molecular weight is 444 g/mol. The number of aliphatic carboxylic acids is 1. The highest BCUT2D eigenvalue weighted by molar-refractivity contribution is 6.05. The largest absolute Gasteiger partial charge is 0.505 e. The van der Waals surface area contributed by atoms with Gasteiger partial charge in [0.25, 0.3) is 5.91 Å². The van der Waals surface area contributed by atoms with Gasteiger partial charge >= 0.3 is 5.97 Å². The van der Waals surface area contributed by atoms with Crippen LogP contribution in [0.1, 0.15) is 48.3 Å². The number of phenols is 1. The minimum Gasteiger partial charge on any atom is -0.505 e. The molecule has 9 heteroatoms. The van der Waals surface area contributed by atoms with Crippen LogP contribution in [0.3, 0.4) is 0 Å². The molecule has 1 amide bonds. The minimum absolute atomic E-state index is 0.00847. The summed E-state index contributed by atoms with van der Waals surface area (Å²) < 4.78 is 29.0. The molecule has 0 fully saturated rings. The Morgan fingerprint density at radius 1 is 1.12 bits per heavy atom. The van der Waals surface area contributed by atoms with E-state index in [4.69, 9.17) is 0 Å². The van der Waals surface area contributed by atoms with Gasteiger partial charge in [0.1, 0.15) is 11.4 Å². The number of carbonyl (C=O) groups excluding carboxylic acids is 2. The molecule has 0 unspecified atom stereocenters. The lowest BCUT2D eigenvalue weighted by molar-refractivity contribution is -0.146. The lowest BCUT2D eigenvalue weighted by Crippen LogP contribution is -2.50. The molecule has 0 aliphatic carbocycles. The van der Waals surface area contributed by atoms with E-state index in [0.717, 1.165) is 22.8 Å². The van der Waals surface area contributed by atoms with E-state index < -0.39 is 46.6 Å². The maximum atomic E-state index is 14.2. The Labute approximate surface area is 182 Å². The number of nitrogens with one attached hydrogen (secondary N) is 1. The number of hydrogen-bond donors (Lipinski definition) is 3. The Kier molecular flexibility index (Phi) is 5.78. The fourth-order valence-electron chi connectivity index (χ4n) is 3.61. The molecule has 1 atom stereocenters. The normalized spacial score (nSPS) is 12.6. The van der Waals surface area contributed by atoms with Crippen LogP contribution in [0.2, 0.25) is 0 Å². The average Bonchev–Trinajstić information content (AvgIpc) is 2.97. The smallest absolute Gasteiger partial charge is 0.328 e. The number of aromatic hydroxyl groups is 1. The number of amides is 1. The first-order chi connectivity index (χ1) is 14.8. The number of benzene rings is 2. The van der Waals surface area contributed by atoms with E-state index in [9.17, 15) is 33.4 Å². The van der Waals surface area contributed by atoms with E-state index >= 15 is 0 Å². The lowest BCUT2D eigenvalue weighted by atomic mass is 9.95. The molecule has 3 N–H and O–H groups in total. The fraction of sp³-hybridized carbons (Fsp3) is 0.261. The number of carboxylic acid groups (broad SMARTS) is 1. The summed E-state index contributed by atoms with van der Waals surface area (Å²) in [5, 5.41) is 21.9. The van der Waals surface area contributed by atoms with Crippen LogP contribution in [0.4, 0.5) is 8.78 Å². The number of rotatable bonds is 5. The Balaban J connectivity index is 2.20. The predicted molar refractivity (Wildman–Crippen MR) is 113 cm³/mol. The molecule has 1 heterocycles. The second kappa shape index (κ2) is 8.07. The molecule has 32 heavy (non-hydrogen) atoms. The van der Waals surface area contributed by atoms with E-state index in [1.165, 1.54) is 45.9 Å². The molecular formula is C23H22F2N2O5. The molecule has 0 saturated heterocycles. The summed E-state index contributed by atoms with van der Waals surface area (Å²) in [6.07, 6.45) is 0. The van der Waals surface area contributed by atoms with Crippen molar-refractivity contribution in [3.05, 3.63) is 64.9 Å². The Hall–Kier alpha value is -3.75. The van der Waals surface area contributed by atoms with Gasteiger partial charge in [-0.2, -0.15) is 0 Å². The number of carboxylic acids is 1. The summed E-state index contributed by atoms with van der Waals surface area (Å²) in [5.41, 5.74) is -0.884. The van der Waals surface area contributed by atoms with Crippen LogP contribution in [0.5, 0.6) is 5.75 Å². The van der Waals surface area contributed by atoms with Crippen LogP contribution in [0.15, 0.2) is 36.4 Å².